The number of nitrogens with two attached hydrogens (primary N) is 1. The van der Waals surface area contributed by atoms with Gasteiger partial charge in [-0.05, 0) is 31.0 Å². The molecule has 0 aromatic rings. The van der Waals surface area contributed by atoms with E-state index in [1.807, 2.05) is 0 Å². The van der Waals surface area contributed by atoms with Gasteiger partial charge in [-0.1, -0.05) is 104 Å². The highest BCUT2D eigenvalue weighted by Crippen LogP contribution is 2.36. The van der Waals surface area contributed by atoms with Crippen molar-refractivity contribution >= 4 is 8.32 Å². The highest BCUT2D eigenvalue weighted by molar-refractivity contribution is 6.74. The summed E-state index contributed by atoms with van der Waals surface area (Å²) in [6, 6.07) is -0.109. The topological polar surface area (TPSA) is 44.5 Å². The van der Waals surface area contributed by atoms with Crippen LogP contribution in [0, 0.1) is 0 Å². The van der Waals surface area contributed by atoms with Crippen LogP contribution in [0.5, 0.6) is 0 Å². The van der Waals surface area contributed by atoms with Crippen LogP contribution in [0.2, 0.25) is 18.1 Å². The van der Waals surface area contributed by atoms with E-state index in [0.29, 0.717) is 6.61 Å². The smallest absolute Gasteiger partial charge is 0.192 e. The van der Waals surface area contributed by atoms with Crippen molar-refractivity contribution in [2.24, 2.45) is 5.73 Å². The monoisotopic (exact) mass is 427 g/mol. The van der Waals surface area contributed by atoms with Gasteiger partial charge in [0.25, 0.3) is 0 Å². The van der Waals surface area contributed by atoms with Crippen molar-refractivity contribution < 1.29 is 9.16 Å². The summed E-state index contributed by atoms with van der Waals surface area (Å²) in [6.45, 7) is 14.2. The molecular formula is C25H53NO2Si. The Balaban J connectivity index is 3.84. The minimum Gasteiger partial charge on any atom is -0.415 e. The summed E-state index contributed by atoms with van der Waals surface area (Å²) < 4.78 is 11.9. The number of hydrogen-bond acceptors (Lipinski definition) is 3. The Labute approximate surface area is 184 Å². The zero-order valence-corrected chi connectivity index (χ0v) is 21.9. The molecule has 0 heterocycles. The second-order valence-electron chi connectivity index (χ2n) is 10.2. The predicted octanol–water partition coefficient (Wildman–Crippen LogP) is 7.61. The molecule has 0 aromatic heterocycles. The van der Waals surface area contributed by atoms with Crippen molar-refractivity contribution in [2.75, 3.05) is 13.7 Å². The maximum Gasteiger partial charge on any atom is 0.192 e. The summed E-state index contributed by atoms with van der Waals surface area (Å²) in [5.74, 6) is 0. The summed E-state index contributed by atoms with van der Waals surface area (Å²) >= 11 is 0. The van der Waals surface area contributed by atoms with E-state index in [1.54, 1.807) is 7.11 Å². The van der Waals surface area contributed by atoms with Gasteiger partial charge in [0.15, 0.2) is 8.32 Å². The van der Waals surface area contributed by atoms with Crippen LogP contribution in [-0.4, -0.2) is 34.2 Å². The molecule has 0 saturated heterocycles. The van der Waals surface area contributed by atoms with E-state index >= 15 is 0 Å². The van der Waals surface area contributed by atoms with E-state index in [4.69, 9.17) is 14.9 Å². The van der Waals surface area contributed by atoms with Crippen LogP contribution in [0.25, 0.3) is 0 Å². The van der Waals surface area contributed by atoms with Gasteiger partial charge >= 0.3 is 0 Å². The van der Waals surface area contributed by atoms with Crippen LogP contribution in [0.1, 0.15) is 105 Å². The molecule has 0 radical (unpaired) electrons. The quantitative estimate of drug-likeness (QED) is 0.139. The van der Waals surface area contributed by atoms with Crippen LogP contribution in [0.3, 0.4) is 0 Å². The Bertz CT molecular complexity index is 404. The fraction of sp³-hybridized carbons (Fsp3) is 0.920. The predicted molar refractivity (Wildman–Crippen MR) is 132 cm³/mol. The first-order valence-corrected chi connectivity index (χ1v) is 15.2. The fourth-order valence-corrected chi connectivity index (χ4v) is 4.21. The highest BCUT2D eigenvalue weighted by atomic mass is 28.4. The zero-order valence-electron chi connectivity index (χ0n) is 20.9. The third kappa shape index (κ3) is 14.5. The molecule has 0 saturated carbocycles. The molecule has 0 bridgehead atoms. The van der Waals surface area contributed by atoms with Crippen molar-refractivity contribution in [1.29, 1.82) is 0 Å². The van der Waals surface area contributed by atoms with Gasteiger partial charge in [0.1, 0.15) is 0 Å². The lowest BCUT2D eigenvalue weighted by Gasteiger charge is -2.37. The third-order valence-electron chi connectivity index (χ3n) is 6.44. The van der Waals surface area contributed by atoms with E-state index in [0.717, 1.165) is 6.42 Å². The Morgan fingerprint density at radius 3 is 1.79 bits per heavy atom. The maximum absolute atomic E-state index is 6.35. The van der Waals surface area contributed by atoms with Gasteiger partial charge in [-0.25, -0.2) is 0 Å². The molecule has 0 fully saturated rings. The summed E-state index contributed by atoms with van der Waals surface area (Å²) in [5.41, 5.74) is 6.35. The lowest BCUT2D eigenvalue weighted by atomic mass is 10.0. The summed E-state index contributed by atoms with van der Waals surface area (Å²) in [7, 11) is -0.0182. The number of methoxy groups -OCH3 is 1. The molecule has 0 aromatic carbocycles. The number of hydrogen-bond donors (Lipinski definition) is 1. The molecule has 174 valence electrons. The number of ether oxygens (including phenoxy) is 1. The molecule has 29 heavy (non-hydrogen) atoms. The molecule has 0 aliphatic carbocycles. The normalized spacial score (nSPS) is 15.2. The van der Waals surface area contributed by atoms with Gasteiger partial charge in [-0.2, -0.15) is 0 Å². The molecule has 0 rings (SSSR count). The van der Waals surface area contributed by atoms with Crippen LogP contribution in [-0.2, 0) is 9.16 Å². The summed E-state index contributed by atoms with van der Waals surface area (Å²) in [6.07, 6.45) is 20.7. The number of unbranched alkanes of at least 4 members (excludes halogenated alkanes) is 11. The van der Waals surface area contributed by atoms with Crippen LogP contribution in [0.15, 0.2) is 12.2 Å². The van der Waals surface area contributed by atoms with Crippen LogP contribution < -0.4 is 5.73 Å². The second kappa shape index (κ2) is 16.5. The standard InChI is InChI=1S/C25H53NO2Si/c1-8-9-10-11-12-13-14-15-16-17-18-19-20-21-24(27-5)23(26)22-28-29(6,7)25(2,3)4/h20-21,23-24H,8-19,22,26H2,1-7H3/b21-20+/t23-,24+/m0/s1. The second-order valence-corrected chi connectivity index (χ2v) is 15.0. The highest BCUT2D eigenvalue weighted by Gasteiger charge is 2.37. The minimum absolute atomic E-state index is 0.0625. The summed E-state index contributed by atoms with van der Waals surface area (Å²) in [5, 5.41) is 0.209. The summed E-state index contributed by atoms with van der Waals surface area (Å²) in [4.78, 5) is 0. The van der Waals surface area contributed by atoms with Crippen molar-refractivity contribution in [3.63, 3.8) is 0 Å². The van der Waals surface area contributed by atoms with Gasteiger partial charge in [0.05, 0.1) is 18.8 Å². The van der Waals surface area contributed by atoms with Crippen LogP contribution in [0.4, 0.5) is 0 Å². The van der Waals surface area contributed by atoms with E-state index in [1.165, 1.54) is 70.6 Å². The molecule has 0 aliphatic heterocycles. The van der Waals surface area contributed by atoms with E-state index in [-0.39, 0.29) is 17.2 Å². The molecule has 4 heteroatoms. The molecule has 0 aliphatic rings. The molecule has 0 unspecified atom stereocenters. The van der Waals surface area contributed by atoms with Gasteiger partial charge < -0.3 is 14.9 Å². The average Bonchev–Trinajstić information content (AvgIpc) is 2.65. The van der Waals surface area contributed by atoms with Gasteiger partial charge in [-0.3, -0.25) is 0 Å². The van der Waals surface area contributed by atoms with Crippen LogP contribution >= 0.6 is 0 Å². The lowest BCUT2D eigenvalue weighted by Crippen LogP contribution is -2.47. The van der Waals surface area contributed by atoms with Crippen molar-refractivity contribution in [2.45, 2.75) is 135 Å². The SMILES string of the molecule is CCCCCCCCCCCCC/C=C/[C@@H](OC)[C@@H](N)CO[Si](C)(C)C(C)(C)C. The van der Waals surface area contributed by atoms with Crippen molar-refractivity contribution in [1.82, 2.24) is 0 Å². The van der Waals surface area contributed by atoms with E-state index in [9.17, 15) is 0 Å². The fourth-order valence-electron chi connectivity index (χ4n) is 3.17. The molecule has 2 atom stereocenters. The van der Waals surface area contributed by atoms with E-state index in [2.05, 4.69) is 52.9 Å². The first-order chi connectivity index (χ1) is 13.7. The molecule has 0 amide bonds. The number of rotatable bonds is 18. The third-order valence-corrected chi connectivity index (χ3v) is 10.9. The first-order valence-electron chi connectivity index (χ1n) is 12.2. The molecule has 3 nitrogen and oxygen atoms in total. The Morgan fingerprint density at radius 1 is 0.862 bits per heavy atom. The largest absolute Gasteiger partial charge is 0.415 e. The van der Waals surface area contributed by atoms with Crippen molar-refractivity contribution in [3.8, 4) is 0 Å². The molecular weight excluding hydrogens is 374 g/mol. The van der Waals surface area contributed by atoms with Gasteiger partial charge in [0.2, 0.25) is 0 Å². The first kappa shape index (κ1) is 28.8. The Morgan fingerprint density at radius 2 is 1.34 bits per heavy atom. The van der Waals surface area contributed by atoms with Gasteiger partial charge in [0, 0.05) is 7.11 Å². The number of allylic oxidation sites excluding steroid dienone is 1. The van der Waals surface area contributed by atoms with E-state index < -0.39 is 8.32 Å². The maximum atomic E-state index is 6.35. The molecule has 0 spiro atoms. The van der Waals surface area contributed by atoms with Crippen molar-refractivity contribution in [3.05, 3.63) is 12.2 Å². The average molecular weight is 428 g/mol. The molecule has 2 N–H and O–H groups in total. The minimum atomic E-state index is -1.76. The van der Waals surface area contributed by atoms with Gasteiger partial charge in [-0.15, -0.1) is 0 Å². The Kier molecular flexibility index (Phi) is 16.4. The zero-order chi connectivity index (χ0) is 22.2. The lowest BCUT2D eigenvalue weighted by molar-refractivity contribution is 0.0947. The Hall–Kier alpha value is -0.163.